The molecule has 0 spiro atoms. The SMILES string of the molecule is O=C1c2ccccc2C(=O)N1Cc1nc2ccccc2c(=O)n1-c1ccc(O)cc1. The minimum atomic E-state index is -0.421. The first kappa shape index (κ1) is 17.8. The molecule has 0 radical (unpaired) electrons. The zero-order chi connectivity index (χ0) is 20.8. The molecule has 0 aliphatic carbocycles. The molecule has 2 amide bonds. The van der Waals surface area contributed by atoms with Gasteiger partial charge in [0.2, 0.25) is 0 Å². The summed E-state index contributed by atoms with van der Waals surface area (Å²) in [4.78, 5) is 44.6. The number of imide groups is 1. The molecular weight excluding hydrogens is 382 g/mol. The van der Waals surface area contributed by atoms with E-state index < -0.39 is 11.8 Å². The fraction of sp³-hybridized carbons (Fsp3) is 0.0435. The molecule has 7 heteroatoms. The van der Waals surface area contributed by atoms with Crippen molar-refractivity contribution in [3.63, 3.8) is 0 Å². The fourth-order valence-electron chi connectivity index (χ4n) is 3.68. The number of benzene rings is 3. The molecular formula is C23H15N3O4. The summed E-state index contributed by atoms with van der Waals surface area (Å²) in [7, 11) is 0. The highest BCUT2D eigenvalue weighted by Crippen LogP contribution is 2.25. The summed E-state index contributed by atoms with van der Waals surface area (Å²) >= 11 is 0. The maximum atomic E-state index is 13.3. The first-order chi connectivity index (χ1) is 14.5. The van der Waals surface area contributed by atoms with Gasteiger partial charge in [0.05, 0.1) is 34.3 Å². The Morgan fingerprint density at radius 1 is 0.767 bits per heavy atom. The van der Waals surface area contributed by atoms with E-state index in [2.05, 4.69) is 4.98 Å². The molecule has 1 aliphatic rings. The van der Waals surface area contributed by atoms with Gasteiger partial charge >= 0.3 is 0 Å². The molecule has 0 bridgehead atoms. The van der Waals surface area contributed by atoms with Crippen molar-refractivity contribution in [1.82, 2.24) is 14.5 Å². The lowest BCUT2D eigenvalue weighted by Crippen LogP contribution is -2.33. The monoisotopic (exact) mass is 397 g/mol. The van der Waals surface area contributed by atoms with E-state index in [4.69, 9.17) is 0 Å². The van der Waals surface area contributed by atoms with Crippen molar-refractivity contribution >= 4 is 22.7 Å². The van der Waals surface area contributed by atoms with E-state index in [9.17, 15) is 19.5 Å². The number of amides is 2. The van der Waals surface area contributed by atoms with Gasteiger partial charge in [-0.1, -0.05) is 24.3 Å². The van der Waals surface area contributed by atoms with Crippen LogP contribution in [0.15, 0.2) is 77.6 Å². The summed E-state index contributed by atoms with van der Waals surface area (Å²) in [5.74, 6) is -0.535. The third-order valence-electron chi connectivity index (χ3n) is 5.13. The lowest BCUT2D eigenvalue weighted by atomic mass is 10.1. The fourth-order valence-corrected chi connectivity index (χ4v) is 3.68. The molecule has 4 aromatic rings. The number of carbonyl (C=O) groups excluding carboxylic acids is 2. The molecule has 0 fully saturated rings. The van der Waals surface area contributed by atoms with Crippen molar-refractivity contribution in [2.24, 2.45) is 0 Å². The summed E-state index contributed by atoms with van der Waals surface area (Å²) in [6.07, 6.45) is 0. The van der Waals surface area contributed by atoms with Gasteiger partial charge in [-0.3, -0.25) is 23.9 Å². The lowest BCUT2D eigenvalue weighted by Gasteiger charge is -2.18. The smallest absolute Gasteiger partial charge is 0.266 e. The van der Waals surface area contributed by atoms with Crippen LogP contribution in [0.2, 0.25) is 0 Å². The summed E-state index contributed by atoms with van der Waals surface area (Å²) < 4.78 is 1.37. The highest BCUT2D eigenvalue weighted by Gasteiger charge is 2.36. The van der Waals surface area contributed by atoms with Gasteiger partial charge in [-0.2, -0.15) is 0 Å². The van der Waals surface area contributed by atoms with E-state index in [0.717, 1.165) is 4.90 Å². The van der Waals surface area contributed by atoms with Crippen LogP contribution >= 0.6 is 0 Å². The van der Waals surface area contributed by atoms with Crippen LogP contribution in [-0.4, -0.2) is 31.4 Å². The lowest BCUT2D eigenvalue weighted by molar-refractivity contribution is 0.0637. The second-order valence-corrected chi connectivity index (χ2v) is 6.94. The average molecular weight is 397 g/mol. The maximum absolute atomic E-state index is 13.3. The minimum Gasteiger partial charge on any atom is -0.508 e. The molecule has 0 atom stereocenters. The van der Waals surface area contributed by atoms with E-state index in [1.54, 1.807) is 60.7 Å². The molecule has 5 rings (SSSR count). The van der Waals surface area contributed by atoms with Gasteiger partial charge in [0.25, 0.3) is 17.4 Å². The van der Waals surface area contributed by atoms with Gasteiger partial charge in [0.1, 0.15) is 11.6 Å². The summed E-state index contributed by atoms with van der Waals surface area (Å²) in [6, 6.07) is 19.6. The second-order valence-electron chi connectivity index (χ2n) is 6.94. The largest absolute Gasteiger partial charge is 0.508 e. The molecule has 1 aromatic heterocycles. The molecule has 0 saturated heterocycles. The van der Waals surface area contributed by atoms with Crippen LogP contribution in [0.3, 0.4) is 0 Å². The van der Waals surface area contributed by atoms with Crippen molar-refractivity contribution in [3.05, 3.63) is 100 Å². The Hall–Kier alpha value is -4.26. The number of hydrogen-bond acceptors (Lipinski definition) is 5. The quantitative estimate of drug-likeness (QED) is 0.537. The first-order valence-electron chi connectivity index (χ1n) is 9.30. The first-order valence-corrected chi connectivity index (χ1v) is 9.30. The summed E-state index contributed by atoms with van der Waals surface area (Å²) in [5.41, 5.74) is 1.30. The Balaban J connectivity index is 1.68. The predicted octanol–water partition coefficient (Wildman–Crippen LogP) is 2.89. The van der Waals surface area contributed by atoms with E-state index >= 15 is 0 Å². The Labute approximate surface area is 170 Å². The van der Waals surface area contributed by atoms with Crippen LogP contribution in [0.25, 0.3) is 16.6 Å². The number of aromatic hydroxyl groups is 1. The number of nitrogens with zero attached hydrogens (tertiary/aromatic N) is 3. The molecule has 1 N–H and O–H groups in total. The van der Waals surface area contributed by atoms with Gasteiger partial charge < -0.3 is 5.11 Å². The number of hydrogen-bond donors (Lipinski definition) is 1. The second kappa shape index (κ2) is 6.66. The predicted molar refractivity (Wildman–Crippen MR) is 110 cm³/mol. The molecule has 146 valence electrons. The molecule has 0 saturated carbocycles. The van der Waals surface area contributed by atoms with E-state index in [-0.39, 0.29) is 23.7 Å². The standard InChI is InChI=1S/C23H15N3O4/c27-15-11-9-14(10-12-15)26-20(24-19-8-4-3-7-18(19)23(26)30)13-25-21(28)16-5-1-2-6-17(16)22(25)29/h1-12,27H,13H2. The van der Waals surface area contributed by atoms with Gasteiger partial charge in [0, 0.05) is 0 Å². The number of phenolic OH excluding ortho intramolecular Hbond substituents is 1. The molecule has 2 heterocycles. The third kappa shape index (κ3) is 2.68. The maximum Gasteiger partial charge on any atom is 0.266 e. The third-order valence-corrected chi connectivity index (χ3v) is 5.13. The molecule has 0 unspecified atom stereocenters. The van der Waals surface area contributed by atoms with Gasteiger partial charge in [0.15, 0.2) is 0 Å². The topological polar surface area (TPSA) is 92.5 Å². The number of para-hydroxylation sites is 1. The van der Waals surface area contributed by atoms with Gasteiger partial charge in [-0.15, -0.1) is 0 Å². The average Bonchev–Trinajstić information content (AvgIpc) is 3.00. The van der Waals surface area contributed by atoms with Crippen molar-refractivity contribution in [2.45, 2.75) is 6.54 Å². The van der Waals surface area contributed by atoms with Crippen LogP contribution in [0.4, 0.5) is 0 Å². The molecule has 30 heavy (non-hydrogen) atoms. The number of aromatic nitrogens is 2. The number of phenols is 1. The van der Waals surface area contributed by atoms with Crippen LogP contribution in [0.1, 0.15) is 26.5 Å². The molecule has 3 aromatic carbocycles. The number of rotatable bonds is 3. The van der Waals surface area contributed by atoms with Crippen LogP contribution < -0.4 is 5.56 Å². The van der Waals surface area contributed by atoms with Crippen molar-refractivity contribution in [3.8, 4) is 11.4 Å². The number of fused-ring (bicyclic) bond motifs is 2. The van der Waals surface area contributed by atoms with Crippen LogP contribution in [-0.2, 0) is 6.54 Å². The Morgan fingerprint density at radius 2 is 1.37 bits per heavy atom. The van der Waals surface area contributed by atoms with Crippen molar-refractivity contribution in [2.75, 3.05) is 0 Å². The molecule has 7 nitrogen and oxygen atoms in total. The number of carbonyl (C=O) groups is 2. The minimum absolute atomic E-state index is 0.0578. The van der Waals surface area contributed by atoms with Gasteiger partial charge in [-0.25, -0.2) is 4.98 Å². The van der Waals surface area contributed by atoms with Crippen molar-refractivity contribution < 1.29 is 14.7 Å². The van der Waals surface area contributed by atoms with Crippen LogP contribution in [0, 0.1) is 0 Å². The zero-order valence-corrected chi connectivity index (χ0v) is 15.6. The van der Waals surface area contributed by atoms with E-state index in [1.807, 2.05) is 0 Å². The van der Waals surface area contributed by atoms with Gasteiger partial charge in [-0.05, 0) is 48.5 Å². The zero-order valence-electron chi connectivity index (χ0n) is 15.6. The summed E-state index contributed by atoms with van der Waals surface area (Å²) in [6.45, 7) is -0.159. The van der Waals surface area contributed by atoms with E-state index in [0.29, 0.717) is 27.7 Å². The Kier molecular flexibility index (Phi) is 3.96. The molecule has 1 aliphatic heterocycles. The highest BCUT2D eigenvalue weighted by atomic mass is 16.3. The van der Waals surface area contributed by atoms with Crippen LogP contribution in [0.5, 0.6) is 5.75 Å². The van der Waals surface area contributed by atoms with E-state index in [1.165, 1.54) is 16.7 Å². The Morgan fingerprint density at radius 3 is 2.03 bits per heavy atom. The summed E-state index contributed by atoms with van der Waals surface area (Å²) in [5, 5.41) is 10.0. The normalized spacial score (nSPS) is 13.1. The Bertz CT molecular complexity index is 1350. The van der Waals surface area contributed by atoms with Crippen molar-refractivity contribution in [1.29, 1.82) is 0 Å². The highest BCUT2D eigenvalue weighted by molar-refractivity contribution is 6.21.